The quantitative estimate of drug-likeness (QED) is 0.444. The number of carbonyl (C=O) groups excluding carboxylic acids is 2. The number of aromatic hydroxyl groups is 1. The molecule has 26 heavy (non-hydrogen) atoms. The van der Waals surface area contributed by atoms with Gasteiger partial charge in [-0.1, -0.05) is 12.1 Å². The minimum atomic E-state index is -0.466. The van der Waals surface area contributed by atoms with Crippen molar-refractivity contribution in [3.63, 3.8) is 0 Å². The molecule has 0 saturated carbocycles. The van der Waals surface area contributed by atoms with Gasteiger partial charge in [0, 0.05) is 6.07 Å². The van der Waals surface area contributed by atoms with Crippen LogP contribution in [0.15, 0.2) is 42.5 Å². The molecule has 0 fully saturated rings. The van der Waals surface area contributed by atoms with E-state index in [-0.39, 0.29) is 23.5 Å². The van der Waals surface area contributed by atoms with Crippen LogP contribution in [0.4, 0.5) is 0 Å². The zero-order valence-corrected chi connectivity index (χ0v) is 14.8. The van der Waals surface area contributed by atoms with Gasteiger partial charge in [0.1, 0.15) is 11.5 Å². The van der Waals surface area contributed by atoms with Gasteiger partial charge in [0.15, 0.2) is 23.1 Å². The van der Waals surface area contributed by atoms with Crippen LogP contribution < -0.4 is 14.2 Å². The molecule has 6 heteroatoms. The van der Waals surface area contributed by atoms with Crippen molar-refractivity contribution in [2.75, 3.05) is 21.3 Å². The molecule has 0 aliphatic carbocycles. The number of rotatable bonds is 8. The van der Waals surface area contributed by atoms with Gasteiger partial charge in [0.2, 0.25) is 0 Å². The first kappa shape index (κ1) is 19.1. The molecule has 0 aromatic heterocycles. The number of hydrogen-bond acceptors (Lipinski definition) is 6. The van der Waals surface area contributed by atoms with Crippen molar-refractivity contribution in [1.82, 2.24) is 0 Å². The van der Waals surface area contributed by atoms with E-state index in [0.717, 1.165) is 5.56 Å². The first-order valence-corrected chi connectivity index (χ1v) is 7.81. The summed E-state index contributed by atoms with van der Waals surface area (Å²) in [6.07, 6.45) is 2.56. The van der Waals surface area contributed by atoms with Gasteiger partial charge in [0.25, 0.3) is 0 Å². The molecule has 0 saturated heterocycles. The Bertz CT molecular complexity index is 838. The van der Waals surface area contributed by atoms with Crippen LogP contribution in [0.1, 0.15) is 22.3 Å². The Morgan fingerprint density at radius 2 is 1.69 bits per heavy atom. The van der Waals surface area contributed by atoms with E-state index >= 15 is 0 Å². The Labute approximate surface area is 151 Å². The average molecular weight is 356 g/mol. The molecule has 0 heterocycles. The molecular weight excluding hydrogens is 336 g/mol. The highest BCUT2D eigenvalue weighted by molar-refractivity contribution is 6.13. The van der Waals surface area contributed by atoms with Crippen LogP contribution in [0.2, 0.25) is 0 Å². The lowest BCUT2D eigenvalue weighted by atomic mass is 10.0. The summed E-state index contributed by atoms with van der Waals surface area (Å²) in [4.78, 5) is 24.2. The van der Waals surface area contributed by atoms with Gasteiger partial charge in [-0.05, 0) is 35.9 Å². The topological polar surface area (TPSA) is 82.1 Å². The number of phenols is 1. The number of methoxy groups -OCH3 is 3. The largest absolute Gasteiger partial charge is 0.507 e. The third-order valence-corrected chi connectivity index (χ3v) is 3.71. The summed E-state index contributed by atoms with van der Waals surface area (Å²) in [5.74, 6) is 0.499. The smallest absolute Gasteiger partial charge is 0.174 e. The molecule has 136 valence electrons. The van der Waals surface area contributed by atoms with Gasteiger partial charge in [-0.25, -0.2) is 0 Å². The second-order valence-corrected chi connectivity index (χ2v) is 5.40. The Morgan fingerprint density at radius 1 is 0.962 bits per heavy atom. The molecule has 2 rings (SSSR count). The number of benzene rings is 2. The van der Waals surface area contributed by atoms with Crippen LogP contribution in [0, 0.1) is 0 Å². The van der Waals surface area contributed by atoms with E-state index in [4.69, 9.17) is 14.2 Å². The summed E-state index contributed by atoms with van der Waals surface area (Å²) in [7, 11) is 4.52. The van der Waals surface area contributed by atoms with E-state index in [9.17, 15) is 14.7 Å². The molecule has 0 bridgehead atoms. The van der Waals surface area contributed by atoms with E-state index in [1.807, 2.05) is 0 Å². The number of Topliss-reactive ketones (excluding diaryl/α,β-unsaturated/α-hetero) is 1. The zero-order chi connectivity index (χ0) is 19.1. The molecule has 0 aliphatic rings. The highest BCUT2D eigenvalue weighted by Crippen LogP contribution is 2.28. The molecule has 1 N–H and O–H groups in total. The predicted octanol–water partition coefficient (Wildman–Crippen LogP) is 3.27. The summed E-state index contributed by atoms with van der Waals surface area (Å²) < 4.78 is 15.3. The molecule has 2 aromatic rings. The minimum absolute atomic E-state index is 0.0821. The predicted molar refractivity (Wildman–Crippen MR) is 97.2 cm³/mol. The molecule has 0 unspecified atom stereocenters. The van der Waals surface area contributed by atoms with Crippen molar-refractivity contribution in [2.45, 2.75) is 6.42 Å². The molecule has 6 nitrogen and oxygen atoms in total. The second kappa shape index (κ2) is 8.71. The average Bonchev–Trinajstić information content (AvgIpc) is 2.65. The van der Waals surface area contributed by atoms with Crippen molar-refractivity contribution in [1.29, 1.82) is 0 Å². The Hall–Kier alpha value is -3.28. The molecule has 0 aliphatic heterocycles. The summed E-state index contributed by atoms with van der Waals surface area (Å²) in [6, 6.07) is 9.53. The number of allylic oxidation sites excluding steroid dienone is 1. The summed E-state index contributed by atoms with van der Waals surface area (Å²) in [5.41, 5.74) is 0.814. The van der Waals surface area contributed by atoms with Gasteiger partial charge in [-0.3, -0.25) is 9.59 Å². The van der Waals surface area contributed by atoms with Crippen LogP contribution in [-0.4, -0.2) is 38.0 Å². The third kappa shape index (κ3) is 4.63. The van der Waals surface area contributed by atoms with Crippen molar-refractivity contribution < 1.29 is 28.9 Å². The fourth-order valence-corrected chi connectivity index (χ4v) is 2.33. The van der Waals surface area contributed by atoms with E-state index in [2.05, 4.69) is 0 Å². The normalized spacial score (nSPS) is 10.6. The van der Waals surface area contributed by atoms with E-state index in [1.165, 1.54) is 39.5 Å². The fraction of sp³-hybridized carbons (Fsp3) is 0.200. The zero-order valence-electron chi connectivity index (χ0n) is 14.8. The van der Waals surface area contributed by atoms with Crippen LogP contribution in [0.5, 0.6) is 23.0 Å². The summed E-state index contributed by atoms with van der Waals surface area (Å²) in [5, 5.41) is 9.86. The van der Waals surface area contributed by atoms with Crippen molar-refractivity contribution >= 4 is 17.6 Å². The van der Waals surface area contributed by atoms with E-state index in [1.54, 1.807) is 30.3 Å². The molecule has 0 atom stereocenters. The standard InChI is InChI=1S/C20H20O6/c1-24-15-7-8-16(18(23)12-15)17(22)11-14(21)6-4-13-5-9-19(25-2)20(10-13)26-3/h4-10,12,23H,11H2,1-3H3/b6-4+. The van der Waals surface area contributed by atoms with Crippen LogP contribution in [-0.2, 0) is 4.79 Å². The summed E-state index contributed by atoms with van der Waals surface area (Å²) >= 11 is 0. The lowest BCUT2D eigenvalue weighted by Crippen LogP contribution is -2.06. The monoisotopic (exact) mass is 356 g/mol. The van der Waals surface area contributed by atoms with Gasteiger partial charge in [-0.15, -0.1) is 0 Å². The number of ketones is 2. The first-order chi connectivity index (χ1) is 12.5. The molecular formula is C20H20O6. The van der Waals surface area contributed by atoms with Crippen molar-refractivity contribution in [3.05, 3.63) is 53.6 Å². The molecule has 0 spiro atoms. The van der Waals surface area contributed by atoms with Crippen molar-refractivity contribution in [2.24, 2.45) is 0 Å². The highest BCUT2D eigenvalue weighted by atomic mass is 16.5. The van der Waals surface area contributed by atoms with Gasteiger partial charge in [-0.2, -0.15) is 0 Å². The van der Waals surface area contributed by atoms with Crippen LogP contribution >= 0.6 is 0 Å². The third-order valence-electron chi connectivity index (χ3n) is 3.71. The summed E-state index contributed by atoms with van der Waals surface area (Å²) in [6.45, 7) is 0. The number of phenolic OH excluding ortho intramolecular Hbond substituents is 1. The Balaban J connectivity index is 2.06. The van der Waals surface area contributed by atoms with E-state index in [0.29, 0.717) is 17.2 Å². The Morgan fingerprint density at radius 3 is 2.31 bits per heavy atom. The Kier molecular flexibility index (Phi) is 6.38. The highest BCUT2D eigenvalue weighted by Gasteiger charge is 2.14. The molecule has 0 amide bonds. The maximum atomic E-state index is 12.2. The van der Waals surface area contributed by atoms with Crippen LogP contribution in [0.3, 0.4) is 0 Å². The lowest BCUT2D eigenvalue weighted by molar-refractivity contribution is -0.113. The lowest BCUT2D eigenvalue weighted by Gasteiger charge is -2.07. The number of hydrogen-bond donors (Lipinski definition) is 1. The fourth-order valence-electron chi connectivity index (χ4n) is 2.33. The van der Waals surface area contributed by atoms with Gasteiger partial charge >= 0.3 is 0 Å². The van der Waals surface area contributed by atoms with Gasteiger partial charge < -0.3 is 19.3 Å². The van der Waals surface area contributed by atoms with Crippen molar-refractivity contribution in [3.8, 4) is 23.0 Å². The number of carbonyl (C=O) groups is 2. The first-order valence-electron chi connectivity index (χ1n) is 7.81. The second-order valence-electron chi connectivity index (χ2n) is 5.40. The molecule has 0 radical (unpaired) electrons. The maximum Gasteiger partial charge on any atom is 0.174 e. The van der Waals surface area contributed by atoms with E-state index < -0.39 is 5.78 Å². The molecule has 2 aromatic carbocycles. The van der Waals surface area contributed by atoms with Gasteiger partial charge in [0.05, 0.1) is 33.3 Å². The SMILES string of the molecule is COc1ccc(C(=O)CC(=O)/C=C/c2ccc(OC)c(OC)c2)c(O)c1. The minimum Gasteiger partial charge on any atom is -0.507 e. The maximum absolute atomic E-state index is 12.2. The van der Waals surface area contributed by atoms with Crippen LogP contribution in [0.25, 0.3) is 6.08 Å². The number of ether oxygens (including phenoxy) is 3.